The molecule has 0 aromatic heterocycles. The van der Waals surface area contributed by atoms with E-state index in [4.69, 9.17) is 9.05 Å². The average Bonchev–Trinajstić information content (AvgIpc) is 2.24. The van der Waals surface area contributed by atoms with Gasteiger partial charge in [-0.05, 0) is 49.9 Å². The van der Waals surface area contributed by atoms with Crippen LogP contribution < -0.4 is 0 Å². The van der Waals surface area contributed by atoms with Crippen molar-refractivity contribution in [2.75, 3.05) is 0 Å². The molecule has 3 nitrogen and oxygen atoms in total. The molecule has 0 fully saturated rings. The largest absolute Gasteiger partial charge is 0.392 e. The molecule has 0 spiro atoms. The fourth-order valence-corrected chi connectivity index (χ4v) is 2.14. The number of rotatable bonds is 6. The zero-order chi connectivity index (χ0) is 12.8. The predicted octanol–water partition coefficient (Wildman–Crippen LogP) is 3.25. The quantitative estimate of drug-likeness (QED) is 0.627. The van der Waals surface area contributed by atoms with Crippen LogP contribution in [-0.4, -0.2) is 11.2 Å². The van der Waals surface area contributed by atoms with Crippen molar-refractivity contribution in [2.45, 2.75) is 47.0 Å². The van der Waals surface area contributed by atoms with Gasteiger partial charge in [0.2, 0.25) is 0 Å². The van der Waals surface area contributed by atoms with Crippen molar-refractivity contribution >= 4 is 9.03 Å². The first-order chi connectivity index (χ1) is 8.04. The molecule has 0 bridgehead atoms. The smallest absolute Gasteiger partial charge is 0.155 e. The average molecular weight is 256 g/mol. The van der Waals surface area contributed by atoms with Crippen molar-refractivity contribution < 1.29 is 14.2 Å². The Morgan fingerprint density at radius 3 is 2.29 bits per heavy atom. The maximum absolute atomic E-state index is 9.22. The Balaban J connectivity index is 2.55. The Hall–Kier alpha value is -0.470. The number of aliphatic hydroxyl groups is 1. The summed E-state index contributed by atoms with van der Waals surface area (Å²) >= 11 is 0. The molecular formula is C13H21O3P. The standard InChI is InChI=1S/C13H21O3P/c1-9(2)16-17-15-8-12-5-10(3)13(7-14)11(4)6-12/h5-6,9,14,17H,7-8H2,1-4H3. The highest BCUT2D eigenvalue weighted by Crippen LogP contribution is 2.22. The van der Waals surface area contributed by atoms with Gasteiger partial charge in [0.05, 0.1) is 19.3 Å². The van der Waals surface area contributed by atoms with Crippen LogP contribution in [0.2, 0.25) is 0 Å². The highest BCUT2D eigenvalue weighted by atomic mass is 31.1. The lowest BCUT2D eigenvalue weighted by Crippen LogP contribution is -1.98. The molecule has 0 amide bonds. The van der Waals surface area contributed by atoms with E-state index >= 15 is 0 Å². The van der Waals surface area contributed by atoms with Gasteiger partial charge in [0.1, 0.15) is 0 Å². The minimum Gasteiger partial charge on any atom is -0.392 e. The molecule has 1 unspecified atom stereocenters. The molecule has 0 aliphatic heterocycles. The molecule has 0 saturated carbocycles. The van der Waals surface area contributed by atoms with Crippen LogP contribution in [-0.2, 0) is 22.3 Å². The van der Waals surface area contributed by atoms with Gasteiger partial charge in [0.15, 0.2) is 9.03 Å². The zero-order valence-electron chi connectivity index (χ0n) is 10.9. The summed E-state index contributed by atoms with van der Waals surface area (Å²) in [5.74, 6) is 0. The molecule has 4 heteroatoms. The topological polar surface area (TPSA) is 38.7 Å². The summed E-state index contributed by atoms with van der Waals surface area (Å²) in [6.45, 7) is 8.64. The van der Waals surface area contributed by atoms with Crippen LogP contribution in [0.25, 0.3) is 0 Å². The van der Waals surface area contributed by atoms with Gasteiger partial charge in [-0.15, -0.1) is 0 Å². The fraction of sp³-hybridized carbons (Fsp3) is 0.538. The van der Waals surface area contributed by atoms with Gasteiger partial charge in [-0.2, -0.15) is 0 Å². The summed E-state index contributed by atoms with van der Waals surface area (Å²) in [6.07, 6.45) is 0.202. The van der Waals surface area contributed by atoms with Crippen LogP contribution >= 0.6 is 9.03 Å². The SMILES string of the molecule is Cc1cc(COPOC(C)C)cc(C)c1CO. The van der Waals surface area contributed by atoms with E-state index in [1.54, 1.807) is 0 Å². The Kier molecular flexibility index (Phi) is 6.07. The minimum absolute atomic E-state index is 0.0798. The van der Waals surface area contributed by atoms with E-state index in [2.05, 4.69) is 12.1 Å². The van der Waals surface area contributed by atoms with Gasteiger partial charge in [0.25, 0.3) is 0 Å². The fourth-order valence-electron chi connectivity index (χ4n) is 1.66. The molecule has 1 N–H and O–H groups in total. The predicted molar refractivity (Wildman–Crippen MR) is 71.2 cm³/mol. The van der Waals surface area contributed by atoms with Crippen molar-refractivity contribution in [3.63, 3.8) is 0 Å². The summed E-state index contributed by atoms with van der Waals surface area (Å²) in [5.41, 5.74) is 4.35. The summed E-state index contributed by atoms with van der Waals surface area (Å²) < 4.78 is 10.8. The molecule has 0 aliphatic rings. The summed E-state index contributed by atoms with van der Waals surface area (Å²) in [6, 6.07) is 4.11. The van der Waals surface area contributed by atoms with Crippen molar-refractivity contribution in [2.24, 2.45) is 0 Å². The van der Waals surface area contributed by atoms with E-state index in [0.717, 1.165) is 22.3 Å². The first kappa shape index (κ1) is 14.6. The molecule has 1 rings (SSSR count). The summed E-state index contributed by atoms with van der Waals surface area (Å²) in [7, 11) is 0.0798. The van der Waals surface area contributed by atoms with Crippen molar-refractivity contribution in [1.82, 2.24) is 0 Å². The lowest BCUT2D eigenvalue weighted by molar-refractivity contribution is 0.216. The van der Waals surface area contributed by atoms with Gasteiger partial charge in [-0.1, -0.05) is 12.1 Å². The van der Waals surface area contributed by atoms with E-state index < -0.39 is 0 Å². The third kappa shape index (κ3) is 4.72. The van der Waals surface area contributed by atoms with Gasteiger partial charge in [-0.25, -0.2) is 0 Å². The molecule has 96 valence electrons. The lowest BCUT2D eigenvalue weighted by Gasteiger charge is -2.11. The zero-order valence-corrected chi connectivity index (χ0v) is 11.9. The molecule has 1 aromatic carbocycles. The second-order valence-electron chi connectivity index (χ2n) is 4.40. The highest BCUT2D eigenvalue weighted by molar-refractivity contribution is 7.26. The van der Waals surface area contributed by atoms with E-state index in [9.17, 15) is 5.11 Å². The second kappa shape index (κ2) is 7.07. The Labute approximate surface area is 105 Å². The van der Waals surface area contributed by atoms with E-state index in [0.29, 0.717) is 6.61 Å². The van der Waals surface area contributed by atoms with Gasteiger partial charge < -0.3 is 14.2 Å². The molecule has 1 aromatic rings. The second-order valence-corrected chi connectivity index (χ2v) is 5.10. The van der Waals surface area contributed by atoms with E-state index in [1.807, 2.05) is 27.7 Å². The summed E-state index contributed by atoms with van der Waals surface area (Å²) in [4.78, 5) is 0. The van der Waals surface area contributed by atoms with Crippen molar-refractivity contribution in [3.8, 4) is 0 Å². The number of aliphatic hydroxyl groups excluding tert-OH is 1. The molecule has 0 radical (unpaired) electrons. The van der Waals surface area contributed by atoms with Crippen LogP contribution in [0.3, 0.4) is 0 Å². The van der Waals surface area contributed by atoms with Crippen LogP contribution in [0.1, 0.15) is 36.1 Å². The summed E-state index contributed by atoms with van der Waals surface area (Å²) in [5, 5.41) is 9.22. The molecule has 17 heavy (non-hydrogen) atoms. The van der Waals surface area contributed by atoms with Gasteiger partial charge >= 0.3 is 0 Å². The Morgan fingerprint density at radius 2 is 1.82 bits per heavy atom. The molecular weight excluding hydrogens is 235 g/mol. The van der Waals surface area contributed by atoms with E-state index in [-0.39, 0.29) is 21.7 Å². The highest BCUT2D eigenvalue weighted by Gasteiger charge is 2.04. The Morgan fingerprint density at radius 1 is 1.24 bits per heavy atom. The van der Waals surface area contributed by atoms with Crippen molar-refractivity contribution in [3.05, 3.63) is 34.4 Å². The first-order valence-electron chi connectivity index (χ1n) is 5.77. The maximum atomic E-state index is 9.22. The van der Waals surface area contributed by atoms with Crippen LogP contribution in [0.5, 0.6) is 0 Å². The number of hydrogen-bond acceptors (Lipinski definition) is 3. The third-order valence-electron chi connectivity index (χ3n) is 2.50. The van der Waals surface area contributed by atoms with Crippen LogP contribution in [0.15, 0.2) is 12.1 Å². The van der Waals surface area contributed by atoms with Crippen LogP contribution in [0, 0.1) is 13.8 Å². The minimum atomic E-state index is 0.0798. The molecule has 0 heterocycles. The lowest BCUT2D eigenvalue weighted by atomic mass is 10.0. The normalized spacial score (nSPS) is 11.9. The molecule has 1 atom stereocenters. The molecule has 0 aliphatic carbocycles. The van der Waals surface area contributed by atoms with Gasteiger partial charge in [0, 0.05) is 0 Å². The number of hydrogen-bond donors (Lipinski definition) is 1. The Bertz CT molecular complexity index is 341. The third-order valence-corrected chi connectivity index (χ3v) is 3.33. The number of benzene rings is 1. The molecule has 0 saturated heterocycles. The van der Waals surface area contributed by atoms with E-state index in [1.165, 1.54) is 0 Å². The van der Waals surface area contributed by atoms with Gasteiger partial charge in [-0.3, -0.25) is 0 Å². The first-order valence-corrected chi connectivity index (χ1v) is 6.58. The monoisotopic (exact) mass is 256 g/mol. The maximum Gasteiger partial charge on any atom is 0.155 e. The number of aryl methyl sites for hydroxylation is 2. The van der Waals surface area contributed by atoms with Crippen LogP contribution in [0.4, 0.5) is 0 Å². The van der Waals surface area contributed by atoms with Crippen molar-refractivity contribution in [1.29, 1.82) is 0 Å².